The summed E-state index contributed by atoms with van der Waals surface area (Å²) >= 11 is 0. The van der Waals surface area contributed by atoms with E-state index in [2.05, 4.69) is 10.1 Å². The van der Waals surface area contributed by atoms with Crippen LogP contribution in [0.4, 0.5) is 4.39 Å². The van der Waals surface area contributed by atoms with Gasteiger partial charge in [-0.3, -0.25) is 4.68 Å². The molecule has 166 valence electrons. The molecule has 4 rings (SSSR count). The number of benzene rings is 2. The van der Waals surface area contributed by atoms with E-state index in [0.29, 0.717) is 22.0 Å². The predicted molar refractivity (Wildman–Crippen MR) is 120 cm³/mol. The van der Waals surface area contributed by atoms with Crippen LogP contribution in [0.15, 0.2) is 48.8 Å². The quantitative estimate of drug-likeness (QED) is 0.455. The van der Waals surface area contributed by atoms with E-state index in [9.17, 15) is 22.7 Å². The lowest BCUT2D eigenvalue weighted by Gasteiger charge is -2.11. The van der Waals surface area contributed by atoms with Gasteiger partial charge in [-0.25, -0.2) is 17.6 Å². The van der Waals surface area contributed by atoms with Crippen LogP contribution in [-0.4, -0.2) is 40.5 Å². The second kappa shape index (κ2) is 7.90. The van der Waals surface area contributed by atoms with Crippen LogP contribution < -0.4 is 0 Å². The monoisotopic (exact) mass is 455 g/mol. The van der Waals surface area contributed by atoms with Gasteiger partial charge in [0.1, 0.15) is 11.5 Å². The number of rotatable bonds is 6. The normalized spacial score (nSPS) is 12.9. The molecule has 1 unspecified atom stereocenters. The van der Waals surface area contributed by atoms with Gasteiger partial charge < -0.3 is 10.1 Å². The second-order valence-electron chi connectivity index (χ2n) is 8.00. The number of fused-ring (bicyclic) bond motifs is 1. The molecular weight excluding hydrogens is 433 g/mol. The molecule has 0 aliphatic carbocycles. The van der Waals surface area contributed by atoms with Crippen molar-refractivity contribution >= 4 is 26.7 Å². The number of carbonyl (C=O) groups is 1. The third kappa shape index (κ3) is 4.03. The van der Waals surface area contributed by atoms with Crippen LogP contribution in [0.3, 0.4) is 0 Å². The number of aryl methyl sites for hydroxylation is 1. The summed E-state index contributed by atoms with van der Waals surface area (Å²) in [6.45, 7) is 2.01. The molecule has 2 aromatic carbocycles. The number of aromatic amines is 1. The molecule has 7 nitrogen and oxygen atoms in total. The number of aromatic carboxylic acids is 1. The highest BCUT2D eigenvalue weighted by atomic mass is 32.2. The summed E-state index contributed by atoms with van der Waals surface area (Å²) in [4.78, 5) is 15.1. The molecule has 2 N–H and O–H groups in total. The van der Waals surface area contributed by atoms with Crippen LogP contribution in [0.5, 0.6) is 0 Å². The van der Waals surface area contributed by atoms with Gasteiger partial charge in [0.2, 0.25) is 0 Å². The number of hydrogen-bond donors (Lipinski definition) is 2. The number of nitrogens with zero attached hydrogens (tertiary/aromatic N) is 2. The molecule has 1 atom stereocenters. The molecule has 0 radical (unpaired) electrons. The van der Waals surface area contributed by atoms with E-state index in [1.807, 2.05) is 32.3 Å². The first-order valence-electron chi connectivity index (χ1n) is 9.88. The van der Waals surface area contributed by atoms with Gasteiger partial charge in [0.25, 0.3) is 0 Å². The number of hydrogen-bond acceptors (Lipinski definition) is 4. The van der Waals surface area contributed by atoms with Crippen LogP contribution in [0.2, 0.25) is 0 Å². The summed E-state index contributed by atoms with van der Waals surface area (Å²) in [6, 6.07) is 9.67. The first-order valence-corrected chi connectivity index (χ1v) is 11.9. The number of para-hydroxylation sites is 1. The van der Waals surface area contributed by atoms with Crippen LogP contribution >= 0.6 is 0 Å². The molecule has 0 aliphatic heterocycles. The third-order valence-corrected chi connectivity index (χ3v) is 6.37. The average molecular weight is 456 g/mol. The molecule has 0 amide bonds. The lowest BCUT2D eigenvalue weighted by Crippen LogP contribution is -2.03. The first kappa shape index (κ1) is 21.8. The van der Waals surface area contributed by atoms with Crippen molar-refractivity contribution in [2.75, 3.05) is 6.26 Å². The Kier molecular flexibility index (Phi) is 5.37. The summed E-state index contributed by atoms with van der Waals surface area (Å²) in [7, 11) is -1.58. The maximum Gasteiger partial charge on any atom is 0.352 e. The zero-order valence-electron chi connectivity index (χ0n) is 17.8. The number of carboxylic acid groups (broad SMARTS) is 1. The number of aromatic nitrogens is 3. The van der Waals surface area contributed by atoms with E-state index in [0.717, 1.165) is 17.4 Å². The molecule has 0 saturated carbocycles. The Labute approximate surface area is 184 Å². The lowest BCUT2D eigenvalue weighted by molar-refractivity contribution is 0.0692. The fraction of sp³-hybridized carbons (Fsp3) is 0.217. The van der Waals surface area contributed by atoms with Crippen molar-refractivity contribution in [3.8, 4) is 11.1 Å². The van der Waals surface area contributed by atoms with Crippen LogP contribution in [0, 0.1) is 5.82 Å². The van der Waals surface area contributed by atoms with Crippen molar-refractivity contribution in [3.63, 3.8) is 0 Å². The average Bonchev–Trinajstić information content (AvgIpc) is 3.31. The van der Waals surface area contributed by atoms with Crippen molar-refractivity contribution in [1.29, 1.82) is 0 Å². The van der Waals surface area contributed by atoms with Crippen molar-refractivity contribution in [2.24, 2.45) is 7.05 Å². The Balaban J connectivity index is 1.89. The number of carboxylic acids is 1. The van der Waals surface area contributed by atoms with Gasteiger partial charge in [-0.2, -0.15) is 5.10 Å². The van der Waals surface area contributed by atoms with Gasteiger partial charge in [0.15, 0.2) is 9.84 Å². The van der Waals surface area contributed by atoms with E-state index in [-0.39, 0.29) is 17.2 Å². The first-order chi connectivity index (χ1) is 15.0. The fourth-order valence-corrected chi connectivity index (χ4v) is 4.81. The smallest absolute Gasteiger partial charge is 0.352 e. The third-order valence-electron chi connectivity index (χ3n) is 5.53. The number of sulfone groups is 1. The van der Waals surface area contributed by atoms with E-state index in [1.54, 1.807) is 23.0 Å². The summed E-state index contributed by atoms with van der Waals surface area (Å²) in [6.07, 6.45) is 4.70. The van der Waals surface area contributed by atoms with Gasteiger partial charge >= 0.3 is 5.97 Å². The Morgan fingerprint density at radius 2 is 2.03 bits per heavy atom. The molecule has 0 bridgehead atoms. The van der Waals surface area contributed by atoms with Crippen molar-refractivity contribution in [2.45, 2.75) is 18.6 Å². The zero-order valence-corrected chi connectivity index (χ0v) is 18.6. The van der Waals surface area contributed by atoms with Gasteiger partial charge in [-0.05, 0) is 22.8 Å². The Morgan fingerprint density at radius 1 is 1.28 bits per heavy atom. The molecule has 0 fully saturated rings. The molecule has 0 saturated heterocycles. The van der Waals surface area contributed by atoms with Crippen molar-refractivity contribution < 1.29 is 22.7 Å². The maximum atomic E-state index is 14.7. The Morgan fingerprint density at radius 3 is 2.62 bits per heavy atom. The van der Waals surface area contributed by atoms with Gasteiger partial charge in [0.05, 0.1) is 17.5 Å². The van der Waals surface area contributed by atoms with Crippen LogP contribution in [-0.2, 0) is 22.6 Å². The topological polar surface area (TPSA) is 105 Å². The predicted octanol–water partition coefficient (Wildman–Crippen LogP) is 4.10. The van der Waals surface area contributed by atoms with Crippen LogP contribution in [0.25, 0.3) is 22.0 Å². The minimum atomic E-state index is -3.41. The number of H-pyrrole nitrogens is 1. The van der Waals surface area contributed by atoms with E-state index < -0.39 is 27.4 Å². The molecule has 9 heteroatoms. The summed E-state index contributed by atoms with van der Waals surface area (Å²) in [5.74, 6) is -2.35. The Bertz CT molecular complexity index is 1450. The second-order valence-corrected chi connectivity index (χ2v) is 10.1. The summed E-state index contributed by atoms with van der Waals surface area (Å²) < 4.78 is 39.5. The zero-order chi connectivity index (χ0) is 23.2. The molecule has 0 spiro atoms. The van der Waals surface area contributed by atoms with Gasteiger partial charge in [-0.1, -0.05) is 37.3 Å². The largest absolute Gasteiger partial charge is 0.477 e. The fourth-order valence-electron chi connectivity index (χ4n) is 4.01. The molecule has 4 aromatic rings. The van der Waals surface area contributed by atoms with Gasteiger partial charge in [0, 0.05) is 41.9 Å². The highest BCUT2D eigenvalue weighted by Gasteiger charge is 2.23. The highest BCUT2D eigenvalue weighted by Crippen LogP contribution is 2.38. The van der Waals surface area contributed by atoms with Crippen molar-refractivity contribution in [1.82, 2.24) is 14.8 Å². The summed E-state index contributed by atoms with van der Waals surface area (Å²) in [5, 5.41) is 14.7. The van der Waals surface area contributed by atoms with Crippen molar-refractivity contribution in [3.05, 3.63) is 77.0 Å². The molecule has 32 heavy (non-hydrogen) atoms. The minimum Gasteiger partial charge on any atom is -0.477 e. The Hall–Kier alpha value is -3.46. The van der Waals surface area contributed by atoms with Crippen LogP contribution in [0.1, 0.15) is 40.0 Å². The van der Waals surface area contributed by atoms with E-state index >= 15 is 0 Å². The number of nitrogens with one attached hydrogen (secondary N) is 1. The lowest BCUT2D eigenvalue weighted by atomic mass is 9.92. The molecule has 2 heterocycles. The summed E-state index contributed by atoms with van der Waals surface area (Å²) in [5.41, 5.74) is 3.21. The molecular formula is C23H22FN3O4S. The molecule has 2 aromatic heterocycles. The number of halogens is 1. The van der Waals surface area contributed by atoms with E-state index in [4.69, 9.17) is 0 Å². The minimum absolute atomic E-state index is 0.0406. The standard InChI is InChI=1S/C23H22FN3O4S/c1-13(16-10-25-27(2)11-16)17-5-4-6-18-20(22(23(28)29)26-21(17)18)14-7-8-15(19(24)9-14)12-32(3,30)31/h4-11,13,26H,12H2,1-3H3,(H,28,29). The highest BCUT2D eigenvalue weighted by molar-refractivity contribution is 7.89. The van der Waals surface area contributed by atoms with E-state index in [1.165, 1.54) is 12.1 Å². The molecule has 0 aliphatic rings. The van der Waals surface area contributed by atoms with Gasteiger partial charge in [-0.15, -0.1) is 0 Å². The maximum absolute atomic E-state index is 14.7. The SMILES string of the molecule is CC(c1cnn(C)c1)c1cccc2c(-c3ccc(CS(C)(=O)=O)c(F)c3)c(C(=O)O)[nH]c12.